The molecule has 1 aliphatic rings. The summed E-state index contributed by atoms with van der Waals surface area (Å²) in [6.45, 7) is 0.794. The van der Waals surface area contributed by atoms with Crippen molar-refractivity contribution in [2.75, 3.05) is 13.6 Å². The van der Waals surface area contributed by atoms with Gasteiger partial charge in [-0.05, 0) is 47.4 Å². The lowest BCUT2D eigenvalue weighted by Crippen LogP contribution is -2.36. The summed E-state index contributed by atoms with van der Waals surface area (Å²) in [5.41, 5.74) is 10.5. The summed E-state index contributed by atoms with van der Waals surface area (Å²) in [6.07, 6.45) is 3.55. The number of benzene rings is 2. The van der Waals surface area contributed by atoms with Gasteiger partial charge in [0.2, 0.25) is 0 Å². The van der Waals surface area contributed by atoms with Crippen LogP contribution in [0.3, 0.4) is 0 Å². The van der Waals surface area contributed by atoms with Crippen molar-refractivity contribution in [1.82, 2.24) is 9.88 Å². The maximum absolute atomic E-state index is 13.4. The quantitative estimate of drug-likeness (QED) is 0.321. The standard InChI is InChI=1S/C26H21Cl3N4O3/c1-31-12-16(11-30)15-9-20(27)23(21(28)10-15)25(34)33-8-7-17-14(13-33)3-2-4-18(17)22-6-5-19(26(35)36)24(29)32-22/h2-6,9-12H,7-8,13,30H2,1H3,(H,35,36). The Morgan fingerprint density at radius 3 is 2.47 bits per heavy atom. The molecule has 2 aromatic carbocycles. The minimum Gasteiger partial charge on any atom is -0.478 e. The molecule has 0 spiro atoms. The SMILES string of the molecule is CN=CC(=CN)c1cc(Cl)c(C(=O)N2CCc3c(cccc3-c3ccc(C(=O)O)c(Cl)n3)C2)c(Cl)c1. The van der Waals surface area contributed by atoms with Gasteiger partial charge in [-0.3, -0.25) is 9.79 Å². The lowest BCUT2D eigenvalue weighted by atomic mass is 9.92. The lowest BCUT2D eigenvalue weighted by Gasteiger charge is -2.31. The molecule has 1 amide bonds. The number of carbonyl (C=O) groups is 2. The van der Waals surface area contributed by atoms with Gasteiger partial charge in [-0.1, -0.05) is 53.0 Å². The number of hydrogen-bond acceptors (Lipinski definition) is 5. The van der Waals surface area contributed by atoms with E-state index in [1.165, 1.54) is 12.3 Å². The smallest absolute Gasteiger partial charge is 0.338 e. The van der Waals surface area contributed by atoms with Crippen LogP contribution in [-0.4, -0.2) is 46.7 Å². The maximum Gasteiger partial charge on any atom is 0.338 e. The summed E-state index contributed by atoms with van der Waals surface area (Å²) in [6, 6.07) is 12.1. The Bertz CT molecular complexity index is 1410. The van der Waals surface area contributed by atoms with Gasteiger partial charge in [0.1, 0.15) is 5.15 Å². The molecule has 184 valence electrons. The van der Waals surface area contributed by atoms with Crippen molar-refractivity contribution in [3.8, 4) is 11.3 Å². The van der Waals surface area contributed by atoms with E-state index >= 15 is 0 Å². The number of aromatic carboxylic acids is 1. The highest BCUT2D eigenvalue weighted by Crippen LogP contribution is 2.34. The highest BCUT2D eigenvalue weighted by atomic mass is 35.5. The fourth-order valence-electron chi connectivity index (χ4n) is 4.22. The summed E-state index contributed by atoms with van der Waals surface area (Å²) in [7, 11) is 1.62. The first-order valence-corrected chi connectivity index (χ1v) is 12.0. The summed E-state index contributed by atoms with van der Waals surface area (Å²) in [4.78, 5) is 34.7. The summed E-state index contributed by atoms with van der Waals surface area (Å²) in [5, 5.41) is 9.59. The first kappa shape index (κ1) is 25.7. The highest BCUT2D eigenvalue weighted by molar-refractivity contribution is 6.40. The van der Waals surface area contributed by atoms with E-state index in [-0.39, 0.29) is 32.2 Å². The van der Waals surface area contributed by atoms with Crippen molar-refractivity contribution in [1.29, 1.82) is 0 Å². The minimum atomic E-state index is -1.14. The van der Waals surface area contributed by atoms with Gasteiger partial charge in [-0.2, -0.15) is 0 Å². The molecule has 3 N–H and O–H groups in total. The van der Waals surface area contributed by atoms with Crippen molar-refractivity contribution in [3.63, 3.8) is 0 Å². The second kappa shape index (κ2) is 10.7. The number of nitrogens with two attached hydrogens (primary N) is 1. The third-order valence-electron chi connectivity index (χ3n) is 5.95. The third-order valence-corrected chi connectivity index (χ3v) is 6.83. The molecule has 2 heterocycles. The molecule has 0 radical (unpaired) electrons. The first-order valence-electron chi connectivity index (χ1n) is 10.9. The number of allylic oxidation sites excluding steroid dienone is 1. The number of aliphatic imine (C=N–C) groups is 1. The van der Waals surface area contributed by atoms with E-state index in [1.54, 1.807) is 36.4 Å². The normalized spacial score (nSPS) is 13.7. The van der Waals surface area contributed by atoms with Crippen LogP contribution in [0.1, 0.15) is 37.4 Å². The molecular formula is C26H21Cl3N4O3. The minimum absolute atomic E-state index is 0.0576. The van der Waals surface area contributed by atoms with Gasteiger partial charge in [0.05, 0.1) is 26.9 Å². The average Bonchev–Trinajstić information content (AvgIpc) is 2.85. The Balaban J connectivity index is 1.63. The molecule has 0 saturated heterocycles. The van der Waals surface area contributed by atoms with Crippen LogP contribution < -0.4 is 5.73 Å². The van der Waals surface area contributed by atoms with Crippen LogP contribution in [0.25, 0.3) is 16.8 Å². The van der Waals surface area contributed by atoms with Crippen LogP contribution in [-0.2, 0) is 13.0 Å². The molecule has 36 heavy (non-hydrogen) atoms. The zero-order chi connectivity index (χ0) is 26.0. The lowest BCUT2D eigenvalue weighted by molar-refractivity contribution is 0.0695. The van der Waals surface area contributed by atoms with Gasteiger partial charge in [0, 0.05) is 43.7 Å². The van der Waals surface area contributed by atoms with E-state index in [1.807, 2.05) is 18.2 Å². The van der Waals surface area contributed by atoms with E-state index in [2.05, 4.69) is 9.98 Å². The topological polar surface area (TPSA) is 109 Å². The maximum atomic E-state index is 13.4. The van der Waals surface area contributed by atoms with E-state index in [4.69, 9.17) is 40.5 Å². The number of aromatic nitrogens is 1. The molecule has 3 aromatic rings. The second-order valence-corrected chi connectivity index (χ2v) is 9.26. The molecule has 0 aliphatic carbocycles. The zero-order valence-corrected chi connectivity index (χ0v) is 21.4. The van der Waals surface area contributed by atoms with Gasteiger partial charge in [0.15, 0.2) is 0 Å². The number of nitrogens with zero attached hydrogens (tertiary/aromatic N) is 3. The summed E-state index contributed by atoms with van der Waals surface area (Å²) in [5.74, 6) is -1.41. The second-order valence-electron chi connectivity index (χ2n) is 8.08. The number of amides is 1. The number of carbonyl (C=O) groups excluding carboxylic acids is 1. The molecule has 1 aromatic heterocycles. The molecule has 0 saturated carbocycles. The van der Waals surface area contributed by atoms with Crippen LogP contribution in [0.5, 0.6) is 0 Å². The van der Waals surface area contributed by atoms with Gasteiger partial charge in [0.25, 0.3) is 5.91 Å². The van der Waals surface area contributed by atoms with Gasteiger partial charge in [-0.15, -0.1) is 0 Å². The van der Waals surface area contributed by atoms with E-state index in [0.717, 1.165) is 16.7 Å². The van der Waals surface area contributed by atoms with Gasteiger partial charge >= 0.3 is 5.97 Å². The molecule has 0 fully saturated rings. The Labute approximate surface area is 222 Å². The number of halogens is 3. The molecule has 7 nitrogen and oxygen atoms in total. The Kier molecular flexibility index (Phi) is 7.64. The Hall–Kier alpha value is -3.39. The van der Waals surface area contributed by atoms with E-state index < -0.39 is 5.97 Å². The largest absolute Gasteiger partial charge is 0.478 e. The number of carboxylic acid groups (broad SMARTS) is 1. The average molecular weight is 544 g/mol. The number of carboxylic acids is 1. The molecule has 0 atom stereocenters. The number of hydrogen-bond donors (Lipinski definition) is 2. The van der Waals surface area contributed by atoms with Crippen LogP contribution in [0.2, 0.25) is 15.2 Å². The Morgan fingerprint density at radius 1 is 1.14 bits per heavy atom. The van der Waals surface area contributed by atoms with Crippen molar-refractivity contribution in [3.05, 3.63) is 91.7 Å². The summed E-state index contributed by atoms with van der Waals surface area (Å²) >= 11 is 19.1. The number of fused-ring (bicyclic) bond motifs is 1. The molecule has 10 heteroatoms. The Morgan fingerprint density at radius 2 is 1.86 bits per heavy atom. The van der Waals surface area contributed by atoms with Crippen LogP contribution in [0, 0.1) is 0 Å². The van der Waals surface area contributed by atoms with Crippen molar-refractivity contribution in [2.45, 2.75) is 13.0 Å². The molecule has 4 rings (SSSR count). The molecule has 1 aliphatic heterocycles. The summed E-state index contributed by atoms with van der Waals surface area (Å²) < 4.78 is 0. The van der Waals surface area contributed by atoms with E-state index in [9.17, 15) is 14.7 Å². The monoisotopic (exact) mass is 542 g/mol. The molecule has 0 bridgehead atoms. The van der Waals surface area contributed by atoms with Crippen molar-refractivity contribution in [2.24, 2.45) is 10.7 Å². The van der Waals surface area contributed by atoms with Crippen LogP contribution >= 0.6 is 34.8 Å². The molecule has 0 unspecified atom stereocenters. The fourth-order valence-corrected chi connectivity index (χ4v) is 5.11. The fraction of sp³-hybridized carbons (Fsp3) is 0.154. The third kappa shape index (κ3) is 4.95. The van der Waals surface area contributed by atoms with Crippen molar-refractivity contribution < 1.29 is 14.7 Å². The predicted octanol–water partition coefficient (Wildman–Crippen LogP) is 5.61. The van der Waals surface area contributed by atoms with E-state index in [0.29, 0.717) is 36.3 Å². The number of pyridine rings is 1. The van der Waals surface area contributed by atoms with Gasteiger partial charge < -0.3 is 15.7 Å². The van der Waals surface area contributed by atoms with Crippen molar-refractivity contribution >= 4 is 58.5 Å². The van der Waals surface area contributed by atoms with Crippen LogP contribution in [0.15, 0.2) is 53.7 Å². The van der Waals surface area contributed by atoms with Crippen LogP contribution in [0.4, 0.5) is 0 Å². The zero-order valence-electron chi connectivity index (χ0n) is 19.1. The van der Waals surface area contributed by atoms with Gasteiger partial charge in [-0.25, -0.2) is 9.78 Å². The highest BCUT2D eigenvalue weighted by Gasteiger charge is 2.27. The molecular weight excluding hydrogens is 523 g/mol. The number of rotatable bonds is 5. The predicted molar refractivity (Wildman–Crippen MR) is 143 cm³/mol. The first-order chi connectivity index (χ1) is 17.2.